The maximum absolute atomic E-state index is 5.62. The molecule has 0 amide bonds. The van der Waals surface area contributed by atoms with Gasteiger partial charge in [-0.3, -0.25) is 0 Å². The van der Waals surface area contributed by atoms with Crippen molar-refractivity contribution in [1.82, 2.24) is 5.32 Å². The van der Waals surface area contributed by atoms with Gasteiger partial charge in [0.15, 0.2) is 11.5 Å². The van der Waals surface area contributed by atoms with Crippen molar-refractivity contribution in [2.24, 2.45) is 0 Å². The van der Waals surface area contributed by atoms with Gasteiger partial charge in [0.2, 0.25) is 0 Å². The van der Waals surface area contributed by atoms with E-state index in [0.29, 0.717) is 19.3 Å². The molecule has 4 heteroatoms. The second-order valence-electron chi connectivity index (χ2n) is 5.78. The lowest BCUT2D eigenvalue weighted by molar-refractivity contribution is 0.171. The topological polar surface area (TPSA) is 30.5 Å². The van der Waals surface area contributed by atoms with E-state index in [9.17, 15) is 0 Å². The van der Waals surface area contributed by atoms with E-state index in [1.165, 1.54) is 11.1 Å². The first-order valence-electron chi connectivity index (χ1n) is 7.97. The van der Waals surface area contributed by atoms with Gasteiger partial charge in [-0.2, -0.15) is 0 Å². The van der Waals surface area contributed by atoms with Gasteiger partial charge in [0.1, 0.15) is 13.2 Å². The fraction of sp³-hybridized carbons (Fsp3) is 0.368. The van der Waals surface area contributed by atoms with Crippen molar-refractivity contribution in [3.8, 4) is 11.5 Å². The Balaban J connectivity index is 0.00000192. The maximum atomic E-state index is 5.62. The van der Waals surface area contributed by atoms with E-state index < -0.39 is 0 Å². The van der Waals surface area contributed by atoms with Crippen LogP contribution in [-0.4, -0.2) is 19.3 Å². The van der Waals surface area contributed by atoms with Crippen LogP contribution >= 0.6 is 12.4 Å². The summed E-state index contributed by atoms with van der Waals surface area (Å²) in [6.07, 6.45) is 2.24. The molecule has 2 aromatic carbocycles. The van der Waals surface area contributed by atoms with Crippen LogP contribution < -0.4 is 14.8 Å². The minimum atomic E-state index is 0. The molecule has 0 radical (unpaired) electrons. The average Bonchev–Trinajstić information content (AvgIpc) is 2.59. The Labute approximate surface area is 144 Å². The molecule has 2 aromatic rings. The summed E-state index contributed by atoms with van der Waals surface area (Å²) in [4.78, 5) is 0. The molecule has 3 rings (SSSR count). The molecule has 0 aromatic heterocycles. The Morgan fingerprint density at radius 1 is 0.957 bits per heavy atom. The molecule has 0 spiro atoms. The summed E-state index contributed by atoms with van der Waals surface area (Å²) in [5.74, 6) is 1.72. The first kappa shape index (κ1) is 17.6. The minimum Gasteiger partial charge on any atom is -0.486 e. The summed E-state index contributed by atoms with van der Waals surface area (Å²) in [7, 11) is 0. The van der Waals surface area contributed by atoms with Gasteiger partial charge in [-0.1, -0.05) is 36.4 Å². The summed E-state index contributed by atoms with van der Waals surface area (Å²) >= 11 is 0. The number of hydrogen-bond acceptors (Lipinski definition) is 3. The molecular weight excluding hydrogens is 310 g/mol. The van der Waals surface area contributed by atoms with E-state index in [0.717, 1.165) is 30.9 Å². The Kier molecular flexibility index (Phi) is 6.75. The monoisotopic (exact) mass is 333 g/mol. The molecule has 23 heavy (non-hydrogen) atoms. The lowest BCUT2D eigenvalue weighted by atomic mass is 10.1. The SMILES string of the molecule is CC(CCc1ccccc1)NCc1ccc2c(c1)OCCO2.Cl. The number of hydrogen-bond donors (Lipinski definition) is 1. The zero-order chi connectivity index (χ0) is 15.2. The van der Waals surface area contributed by atoms with Crippen molar-refractivity contribution in [3.05, 3.63) is 59.7 Å². The van der Waals surface area contributed by atoms with Gasteiger partial charge in [0.25, 0.3) is 0 Å². The Bertz CT molecular complexity index is 604. The molecule has 1 unspecified atom stereocenters. The number of aryl methyl sites for hydroxylation is 1. The number of ether oxygens (including phenoxy) is 2. The van der Waals surface area contributed by atoms with E-state index in [1.807, 2.05) is 6.07 Å². The van der Waals surface area contributed by atoms with Crippen molar-refractivity contribution in [2.75, 3.05) is 13.2 Å². The van der Waals surface area contributed by atoms with Crippen LogP contribution in [0.1, 0.15) is 24.5 Å². The van der Waals surface area contributed by atoms with Crippen LogP contribution in [0.15, 0.2) is 48.5 Å². The highest BCUT2D eigenvalue weighted by Crippen LogP contribution is 2.30. The number of benzene rings is 2. The third-order valence-corrected chi connectivity index (χ3v) is 3.97. The van der Waals surface area contributed by atoms with Crippen molar-refractivity contribution < 1.29 is 9.47 Å². The lowest BCUT2D eigenvalue weighted by Crippen LogP contribution is -2.26. The zero-order valence-corrected chi connectivity index (χ0v) is 14.3. The molecule has 0 saturated carbocycles. The summed E-state index contributed by atoms with van der Waals surface area (Å²) < 4.78 is 11.2. The number of halogens is 1. The summed E-state index contributed by atoms with van der Waals surface area (Å²) in [5.41, 5.74) is 2.63. The highest BCUT2D eigenvalue weighted by Gasteiger charge is 2.11. The van der Waals surface area contributed by atoms with Gasteiger partial charge in [0, 0.05) is 12.6 Å². The van der Waals surface area contributed by atoms with Crippen LogP contribution in [0.3, 0.4) is 0 Å². The molecule has 0 fully saturated rings. The van der Waals surface area contributed by atoms with Crippen LogP contribution in [0.25, 0.3) is 0 Å². The minimum absolute atomic E-state index is 0. The smallest absolute Gasteiger partial charge is 0.161 e. The quantitative estimate of drug-likeness (QED) is 0.867. The zero-order valence-electron chi connectivity index (χ0n) is 13.5. The van der Waals surface area contributed by atoms with Crippen molar-refractivity contribution in [3.63, 3.8) is 0 Å². The number of fused-ring (bicyclic) bond motifs is 1. The Hall–Kier alpha value is -1.71. The van der Waals surface area contributed by atoms with Crippen molar-refractivity contribution in [1.29, 1.82) is 0 Å². The molecule has 0 aliphatic carbocycles. The fourth-order valence-electron chi connectivity index (χ4n) is 2.62. The van der Waals surface area contributed by atoms with E-state index in [4.69, 9.17) is 9.47 Å². The van der Waals surface area contributed by atoms with Crippen molar-refractivity contribution in [2.45, 2.75) is 32.4 Å². The molecule has 1 aliphatic heterocycles. The Morgan fingerprint density at radius 2 is 1.70 bits per heavy atom. The highest BCUT2D eigenvalue weighted by atomic mass is 35.5. The largest absolute Gasteiger partial charge is 0.486 e. The number of nitrogens with one attached hydrogen (secondary N) is 1. The molecule has 3 nitrogen and oxygen atoms in total. The van der Waals surface area contributed by atoms with E-state index in [-0.39, 0.29) is 12.4 Å². The molecule has 1 heterocycles. The molecule has 0 bridgehead atoms. The summed E-state index contributed by atoms with van der Waals surface area (Å²) in [6.45, 7) is 4.37. The predicted octanol–water partition coefficient (Wildman–Crippen LogP) is 3.99. The van der Waals surface area contributed by atoms with Crippen molar-refractivity contribution >= 4 is 12.4 Å². The van der Waals surface area contributed by atoms with Gasteiger partial charge in [-0.05, 0) is 43.0 Å². The fourth-order valence-corrected chi connectivity index (χ4v) is 2.62. The molecule has 1 atom stereocenters. The molecule has 0 saturated heterocycles. The van der Waals surface area contributed by atoms with Gasteiger partial charge < -0.3 is 14.8 Å². The Morgan fingerprint density at radius 3 is 2.48 bits per heavy atom. The second-order valence-corrected chi connectivity index (χ2v) is 5.78. The molecule has 1 N–H and O–H groups in total. The van der Waals surface area contributed by atoms with Crippen LogP contribution in [0.5, 0.6) is 11.5 Å². The van der Waals surface area contributed by atoms with Gasteiger partial charge in [0.05, 0.1) is 0 Å². The highest BCUT2D eigenvalue weighted by molar-refractivity contribution is 5.85. The predicted molar refractivity (Wildman–Crippen MR) is 95.7 cm³/mol. The average molecular weight is 334 g/mol. The van der Waals surface area contributed by atoms with Crippen LogP contribution in [0.2, 0.25) is 0 Å². The van der Waals surface area contributed by atoms with Crippen LogP contribution in [0, 0.1) is 0 Å². The first-order chi connectivity index (χ1) is 10.8. The van der Waals surface area contributed by atoms with E-state index in [1.54, 1.807) is 0 Å². The maximum Gasteiger partial charge on any atom is 0.161 e. The molecule has 124 valence electrons. The second kappa shape index (κ2) is 8.80. The first-order valence-corrected chi connectivity index (χ1v) is 7.97. The van der Waals surface area contributed by atoms with Gasteiger partial charge >= 0.3 is 0 Å². The third kappa shape index (κ3) is 5.15. The van der Waals surface area contributed by atoms with E-state index >= 15 is 0 Å². The third-order valence-electron chi connectivity index (χ3n) is 3.97. The van der Waals surface area contributed by atoms with Gasteiger partial charge in [-0.15, -0.1) is 12.4 Å². The summed E-state index contributed by atoms with van der Waals surface area (Å²) in [5, 5.41) is 3.58. The van der Waals surface area contributed by atoms with Crippen LogP contribution in [0.4, 0.5) is 0 Å². The molecular formula is C19H24ClNO2. The summed E-state index contributed by atoms with van der Waals surface area (Å²) in [6, 6.07) is 17.3. The molecule has 1 aliphatic rings. The lowest BCUT2D eigenvalue weighted by Gasteiger charge is -2.19. The van der Waals surface area contributed by atoms with Crippen LogP contribution in [-0.2, 0) is 13.0 Å². The normalized spacial score (nSPS) is 14.0. The number of rotatable bonds is 6. The standard InChI is InChI=1S/C19H23NO2.ClH/c1-15(7-8-16-5-3-2-4-6-16)20-14-17-9-10-18-19(13-17)22-12-11-21-18;/h2-6,9-10,13,15,20H,7-8,11-12,14H2,1H3;1H. The van der Waals surface area contributed by atoms with E-state index in [2.05, 4.69) is 54.7 Å². The van der Waals surface area contributed by atoms with Gasteiger partial charge in [-0.25, -0.2) is 0 Å².